The number of carbonyl (C=O) groups is 1. The lowest BCUT2D eigenvalue weighted by atomic mass is 10.2. The molecule has 1 N–H and O–H groups in total. The van der Waals surface area contributed by atoms with E-state index in [4.69, 9.17) is 4.74 Å². The number of thioether (sulfide) groups is 1. The molecule has 20 heavy (non-hydrogen) atoms. The maximum atomic E-state index is 12.0. The van der Waals surface area contributed by atoms with E-state index in [9.17, 15) is 4.79 Å². The maximum Gasteiger partial charge on any atom is 0.230 e. The molecule has 1 aromatic heterocycles. The number of aryl methyl sites for hydroxylation is 1. The summed E-state index contributed by atoms with van der Waals surface area (Å²) in [6, 6.07) is 0.0625. The van der Waals surface area contributed by atoms with Crippen LogP contribution in [0.4, 0.5) is 0 Å². The third-order valence-corrected chi connectivity index (χ3v) is 4.21. The number of amides is 1. The second-order valence-electron chi connectivity index (χ2n) is 4.90. The highest BCUT2D eigenvalue weighted by molar-refractivity contribution is 7.99. The number of nitrogens with one attached hydrogen (secondary N) is 1. The number of ether oxygens (including phenoxy) is 1. The first-order chi connectivity index (χ1) is 9.60. The molecule has 112 valence electrons. The summed E-state index contributed by atoms with van der Waals surface area (Å²) in [7, 11) is 3.89. The van der Waals surface area contributed by atoms with Crippen LogP contribution in [0.5, 0.6) is 0 Å². The van der Waals surface area contributed by atoms with Crippen LogP contribution in [-0.4, -0.2) is 70.2 Å². The average molecular weight is 299 g/mol. The first kappa shape index (κ1) is 15.3. The van der Waals surface area contributed by atoms with Crippen LogP contribution in [-0.2, 0) is 16.6 Å². The van der Waals surface area contributed by atoms with Crippen molar-refractivity contribution in [3.63, 3.8) is 0 Å². The zero-order valence-electron chi connectivity index (χ0n) is 12.1. The van der Waals surface area contributed by atoms with Gasteiger partial charge in [0.15, 0.2) is 5.16 Å². The number of carbonyl (C=O) groups excluding carboxylic acids is 1. The van der Waals surface area contributed by atoms with E-state index in [2.05, 4.69) is 20.4 Å². The van der Waals surface area contributed by atoms with E-state index < -0.39 is 0 Å². The number of likely N-dealkylation sites (N-methyl/N-ethyl adjacent to an activating group) is 1. The Kier molecular flexibility index (Phi) is 5.38. The van der Waals surface area contributed by atoms with Gasteiger partial charge >= 0.3 is 0 Å². The SMILES string of the molecule is CCO[C@H]1CN(C)C[C@@H]1NC(=O)CSc1nncn1C. The highest BCUT2D eigenvalue weighted by Crippen LogP contribution is 2.15. The van der Waals surface area contributed by atoms with Crippen molar-refractivity contribution in [1.29, 1.82) is 0 Å². The van der Waals surface area contributed by atoms with Gasteiger partial charge in [0.05, 0.1) is 17.9 Å². The minimum absolute atomic E-state index is 0.00278. The molecule has 0 aliphatic carbocycles. The minimum Gasteiger partial charge on any atom is -0.375 e. The van der Waals surface area contributed by atoms with Crippen molar-refractivity contribution in [3.05, 3.63) is 6.33 Å². The summed E-state index contributed by atoms with van der Waals surface area (Å²) in [4.78, 5) is 14.2. The standard InChI is InChI=1S/C12H21N5O2S/c1-4-19-10-6-16(2)5-9(10)14-11(18)7-20-12-15-13-8-17(12)3/h8-10H,4-7H2,1-3H3,(H,14,18)/t9-,10-/m0/s1. The fourth-order valence-electron chi connectivity index (χ4n) is 2.27. The van der Waals surface area contributed by atoms with E-state index in [1.54, 1.807) is 10.9 Å². The lowest BCUT2D eigenvalue weighted by Crippen LogP contribution is -2.44. The van der Waals surface area contributed by atoms with Gasteiger partial charge in [-0.2, -0.15) is 0 Å². The van der Waals surface area contributed by atoms with Crippen LogP contribution in [0.3, 0.4) is 0 Å². The summed E-state index contributed by atoms with van der Waals surface area (Å²) in [5.74, 6) is 0.342. The topological polar surface area (TPSA) is 72.3 Å². The van der Waals surface area contributed by atoms with Crippen LogP contribution >= 0.6 is 11.8 Å². The van der Waals surface area contributed by atoms with Crippen molar-refractivity contribution >= 4 is 17.7 Å². The van der Waals surface area contributed by atoms with Gasteiger partial charge in [0.25, 0.3) is 0 Å². The Morgan fingerprint density at radius 2 is 2.35 bits per heavy atom. The number of likely N-dealkylation sites (tertiary alicyclic amines) is 1. The van der Waals surface area contributed by atoms with Crippen LogP contribution in [0.15, 0.2) is 11.5 Å². The summed E-state index contributed by atoms with van der Waals surface area (Å²) in [5.41, 5.74) is 0. The lowest BCUT2D eigenvalue weighted by molar-refractivity contribution is -0.120. The number of nitrogens with zero attached hydrogens (tertiary/aromatic N) is 4. The van der Waals surface area contributed by atoms with Crippen LogP contribution in [0, 0.1) is 0 Å². The quantitative estimate of drug-likeness (QED) is 0.730. The molecular weight excluding hydrogens is 278 g/mol. The van der Waals surface area contributed by atoms with Crippen LogP contribution in [0.2, 0.25) is 0 Å². The maximum absolute atomic E-state index is 12.0. The van der Waals surface area contributed by atoms with Crippen molar-refractivity contribution in [2.24, 2.45) is 7.05 Å². The van der Waals surface area contributed by atoms with Gasteiger partial charge in [0, 0.05) is 26.7 Å². The molecule has 0 unspecified atom stereocenters. The van der Waals surface area contributed by atoms with E-state index in [0.29, 0.717) is 12.4 Å². The Balaban J connectivity index is 1.80. The molecule has 1 aliphatic heterocycles. The third kappa shape index (κ3) is 3.94. The molecule has 2 heterocycles. The van der Waals surface area contributed by atoms with Crippen molar-refractivity contribution in [2.45, 2.75) is 24.2 Å². The van der Waals surface area contributed by atoms with Gasteiger partial charge < -0.3 is 19.5 Å². The molecule has 7 nitrogen and oxygen atoms in total. The summed E-state index contributed by atoms with van der Waals surface area (Å²) in [6.07, 6.45) is 1.70. The molecule has 2 atom stereocenters. The predicted octanol–water partition coefficient (Wildman–Crippen LogP) is -0.257. The van der Waals surface area contributed by atoms with E-state index in [0.717, 1.165) is 18.2 Å². The molecule has 1 amide bonds. The molecular formula is C12H21N5O2S. The molecule has 2 rings (SSSR count). The van der Waals surface area contributed by atoms with Crippen molar-refractivity contribution in [2.75, 3.05) is 32.5 Å². The Bertz CT molecular complexity index is 453. The van der Waals surface area contributed by atoms with Gasteiger partial charge in [-0.15, -0.1) is 10.2 Å². The number of hydrogen-bond donors (Lipinski definition) is 1. The zero-order chi connectivity index (χ0) is 14.5. The molecule has 0 aromatic carbocycles. The van der Waals surface area contributed by atoms with Crippen LogP contribution in [0.1, 0.15) is 6.92 Å². The fraction of sp³-hybridized carbons (Fsp3) is 0.750. The van der Waals surface area contributed by atoms with Crippen LogP contribution < -0.4 is 5.32 Å². The van der Waals surface area contributed by atoms with E-state index >= 15 is 0 Å². The Morgan fingerprint density at radius 3 is 3.00 bits per heavy atom. The Morgan fingerprint density at radius 1 is 1.55 bits per heavy atom. The molecule has 1 aromatic rings. The molecule has 0 spiro atoms. The Labute approximate surface area is 123 Å². The molecule has 0 radical (unpaired) electrons. The van der Waals surface area contributed by atoms with Crippen molar-refractivity contribution in [1.82, 2.24) is 25.0 Å². The smallest absolute Gasteiger partial charge is 0.230 e. The normalized spacial score (nSPS) is 23.1. The first-order valence-electron chi connectivity index (χ1n) is 6.66. The lowest BCUT2D eigenvalue weighted by Gasteiger charge is -2.19. The first-order valence-corrected chi connectivity index (χ1v) is 7.65. The second-order valence-corrected chi connectivity index (χ2v) is 5.84. The second kappa shape index (κ2) is 7.05. The Hall–Kier alpha value is -1.12. The van der Waals surface area contributed by atoms with E-state index in [-0.39, 0.29) is 18.1 Å². The molecule has 0 saturated carbocycles. The molecule has 8 heteroatoms. The average Bonchev–Trinajstić information content (AvgIpc) is 2.94. The number of rotatable bonds is 6. The van der Waals surface area contributed by atoms with E-state index in [1.165, 1.54) is 11.8 Å². The van der Waals surface area contributed by atoms with Gasteiger partial charge in [-0.3, -0.25) is 4.79 Å². The molecule has 1 saturated heterocycles. The summed E-state index contributed by atoms with van der Waals surface area (Å²) >= 11 is 1.38. The van der Waals surface area contributed by atoms with Crippen molar-refractivity contribution < 1.29 is 9.53 Å². The van der Waals surface area contributed by atoms with Crippen LogP contribution in [0.25, 0.3) is 0 Å². The van der Waals surface area contributed by atoms with Gasteiger partial charge in [-0.1, -0.05) is 11.8 Å². The number of aromatic nitrogens is 3. The zero-order valence-corrected chi connectivity index (χ0v) is 12.9. The summed E-state index contributed by atoms with van der Waals surface area (Å²) in [5, 5.41) is 11.5. The third-order valence-electron chi connectivity index (χ3n) is 3.18. The largest absolute Gasteiger partial charge is 0.375 e. The highest BCUT2D eigenvalue weighted by atomic mass is 32.2. The van der Waals surface area contributed by atoms with E-state index in [1.807, 2.05) is 21.0 Å². The van der Waals surface area contributed by atoms with Crippen molar-refractivity contribution in [3.8, 4) is 0 Å². The molecule has 1 fully saturated rings. The van der Waals surface area contributed by atoms with Gasteiger partial charge in [0.1, 0.15) is 6.33 Å². The van der Waals surface area contributed by atoms with Gasteiger partial charge in [-0.05, 0) is 14.0 Å². The number of hydrogen-bond acceptors (Lipinski definition) is 6. The fourth-order valence-corrected chi connectivity index (χ4v) is 2.96. The monoisotopic (exact) mass is 299 g/mol. The molecule has 1 aliphatic rings. The molecule has 0 bridgehead atoms. The van der Waals surface area contributed by atoms with Gasteiger partial charge in [0.2, 0.25) is 5.91 Å². The highest BCUT2D eigenvalue weighted by Gasteiger charge is 2.32. The summed E-state index contributed by atoms with van der Waals surface area (Å²) in [6.45, 7) is 4.32. The van der Waals surface area contributed by atoms with Gasteiger partial charge in [-0.25, -0.2) is 0 Å². The summed E-state index contributed by atoms with van der Waals surface area (Å²) < 4.78 is 7.46. The minimum atomic E-state index is 0.00278. The predicted molar refractivity (Wildman–Crippen MR) is 76.6 cm³/mol.